The molecule has 2 aromatic rings. The lowest BCUT2D eigenvalue weighted by Gasteiger charge is -2.09. The normalized spacial score (nSPS) is 10.2. The first-order valence-corrected chi connectivity index (χ1v) is 5.94. The van der Waals surface area contributed by atoms with Gasteiger partial charge in [-0.1, -0.05) is 6.07 Å². The van der Waals surface area contributed by atoms with Crippen LogP contribution in [0.2, 0.25) is 0 Å². The van der Waals surface area contributed by atoms with E-state index in [2.05, 4.69) is 0 Å². The highest BCUT2D eigenvalue weighted by Gasteiger charge is 2.16. The van der Waals surface area contributed by atoms with Crippen LogP contribution < -0.4 is 9.47 Å². The minimum absolute atomic E-state index is 0.0865. The molecule has 21 heavy (non-hydrogen) atoms. The molecule has 2 aromatic carbocycles. The third kappa shape index (κ3) is 3.26. The van der Waals surface area contributed by atoms with Gasteiger partial charge in [0.1, 0.15) is 5.75 Å². The van der Waals surface area contributed by atoms with Crippen LogP contribution in [0, 0.1) is 15.9 Å². The van der Waals surface area contributed by atoms with E-state index < -0.39 is 10.7 Å². The Kier molecular flexibility index (Phi) is 4.34. The number of halogens is 1. The molecule has 0 amide bonds. The predicted molar refractivity (Wildman–Crippen MR) is 72.0 cm³/mol. The van der Waals surface area contributed by atoms with E-state index in [1.54, 1.807) is 0 Å². The number of hydrogen-bond acceptors (Lipinski definition) is 5. The summed E-state index contributed by atoms with van der Waals surface area (Å²) in [6.07, 6.45) is 0. The molecule has 0 heterocycles. The molecule has 0 radical (unpaired) electrons. The van der Waals surface area contributed by atoms with Crippen LogP contribution in [0.25, 0.3) is 0 Å². The standard InChI is InChI=1S/C14H12FNO5/c1-20-14-5-3-10(7-12(14)16(18)19)21-13-4-2-9(8-17)6-11(13)15/h2-7,17H,8H2,1H3. The highest BCUT2D eigenvalue weighted by atomic mass is 19.1. The Bertz CT molecular complexity index is 674. The second-order valence-corrected chi connectivity index (χ2v) is 4.12. The molecule has 0 aromatic heterocycles. The number of nitro groups is 1. The lowest BCUT2D eigenvalue weighted by atomic mass is 10.2. The maximum atomic E-state index is 13.7. The van der Waals surface area contributed by atoms with E-state index in [0.29, 0.717) is 5.56 Å². The van der Waals surface area contributed by atoms with Crippen molar-refractivity contribution in [3.63, 3.8) is 0 Å². The Morgan fingerprint density at radius 3 is 2.52 bits per heavy atom. The monoisotopic (exact) mass is 293 g/mol. The zero-order valence-electron chi connectivity index (χ0n) is 11.1. The van der Waals surface area contributed by atoms with Crippen LogP contribution in [0.15, 0.2) is 36.4 Å². The summed E-state index contributed by atoms with van der Waals surface area (Å²) in [5, 5.41) is 19.8. The molecular formula is C14H12FNO5. The SMILES string of the molecule is COc1ccc(Oc2ccc(CO)cc2F)cc1[N+](=O)[O-]. The van der Waals surface area contributed by atoms with Crippen LogP contribution in [-0.2, 0) is 6.61 Å². The van der Waals surface area contributed by atoms with Crippen molar-refractivity contribution in [2.24, 2.45) is 0 Å². The number of rotatable bonds is 5. The van der Waals surface area contributed by atoms with Crippen LogP contribution in [0.5, 0.6) is 17.2 Å². The van der Waals surface area contributed by atoms with E-state index in [1.165, 1.54) is 31.4 Å². The van der Waals surface area contributed by atoms with E-state index in [0.717, 1.165) is 12.1 Å². The van der Waals surface area contributed by atoms with Gasteiger partial charge in [-0.25, -0.2) is 4.39 Å². The topological polar surface area (TPSA) is 81.8 Å². The molecule has 0 bridgehead atoms. The molecule has 0 aliphatic heterocycles. The Labute approximate surface area is 119 Å². The lowest BCUT2D eigenvalue weighted by Crippen LogP contribution is -1.95. The van der Waals surface area contributed by atoms with Gasteiger partial charge >= 0.3 is 5.69 Å². The molecule has 2 rings (SSSR count). The maximum Gasteiger partial charge on any atom is 0.314 e. The molecule has 0 saturated carbocycles. The van der Waals surface area contributed by atoms with Crippen molar-refractivity contribution in [1.82, 2.24) is 0 Å². The summed E-state index contributed by atoms with van der Waals surface area (Å²) in [5.41, 5.74) is 0.128. The molecule has 0 aliphatic carbocycles. The summed E-state index contributed by atoms with van der Waals surface area (Å²) in [6, 6.07) is 7.93. The van der Waals surface area contributed by atoms with E-state index in [4.69, 9.17) is 14.6 Å². The third-order valence-corrected chi connectivity index (χ3v) is 2.75. The van der Waals surface area contributed by atoms with Gasteiger partial charge in [-0.15, -0.1) is 0 Å². The minimum atomic E-state index is -0.667. The smallest absolute Gasteiger partial charge is 0.314 e. The van der Waals surface area contributed by atoms with Crippen molar-refractivity contribution in [1.29, 1.82) is 0 Å². The summed E-state index contributed by atoms with van der Waals surface area (Å²) < 4.78 is 23.9. The summed E-state index contributed by atoms with van der Waals surface area (Å²) in [6.45, 7) is -0.287. The number of aliphatic hydroxyl groups excluding tert-OH is 1. The summed E-state index contributed by atoms with van der Waals surface area (Å²) in [4.78, 5) is 10.3. The van der Waals surface area contributed by atoms with Gasteiger partial charge in [0.2, 0.25) is 0 Å². The molecule has 0 aliphatic rings. The molecular weight excluding hydrogens is 281 g/mol. The van der Waals surface area contributed by atoms with Gasteiger partial charge in [-0.2, -0.15) is 0 Å². The highest BCUT2D eigenvalue weighted by Crippen LogP contribution is 2.33. The summed E-state index contributed by atoms with van der Waals surface area (Å²) in [5.74, 6) is -0.562. The molecule has 0 saturated heterocycles. The van der Waals surface area contributed by atoms with Gasteiger partial charge in [-0.3, -0.25) is 10.1 Å². The largest absolute Gasteiger partial charge is 0.490 e. The Hall–Kier alpha value is -2.67. The number of nitrogens with zero attached hydrogens (tertiary/aromatic N) is 1. The number of hydrogen-bond donors (Lipinski definition) is 1. The molecule has 0 atom stereocenters. The van der Waals surface area contributed by atoms with Gasteiger partial charge in [0.05, 0.1) is 24.7 Å². The second kappa shape index (κ2) is 6.19. The Morgan fingerprint density at radius 2 is 1.95 bits per heavy atom. The van der Waals surface area contributed by atoms with Crippen LogP contribution in [0.4, 0.5) is 10.1 Å². The van der Waals surface area contributed by atoms with Gasteiger partial charge in [0.25, 0.3) is 0 Å². The summed E-state index contributed by atoms with van der Waals surface area (Å²) >= 11 is 0. The first-order valence-electron chi connectivity index (χ1n) is 5.94. The van der Waals surface area contributed by atoms with Crippen molar-refractivity contribution >= 4 is 5.69 Å². The van der Waals surface area contributed by atoms with Crippen LogP contribution in [-0.4, -0.2) is 17.1 Å². The molecule has 0 unspecified atom stereocenters. The Morgan fingerprint density at radius 1 is 1.24 bits per heavy atom. The lowest BCUT2D eigenvalue weighted by molar-refractivity contribution is -0.385. The van der Waals surface area contributed by atoms with Crippen molar-refractivity contribution in [2.75, 3.05) is 7.11 Å². The molecule has 110 valence electrons. The molecule has 6 nitrogen and oxygen atoms in total. The fourth-order valence-electron chi connectivity index (χ4n) is 1.73. The molecule has 0 spiro atoms. The van der Waals surface area contributed by atoms with Gasteiger partial charge in [0, 0.05) is 0 Å². The average Bonchev–Trinajstić information content (AvgIpc) is 2.49. The zero-order valence-corrected chi connectivity index (χ0v) is 11.1. The maximum absolute atomic E-state index is 13.7. The summed E-state index contributed by atoms with van der Waals surface area (Å²) in [7, 11) is 1.32. The van der Waals surface area contributed by atoms with E-state index in [9.17, 15) is 14.5 Å². The minimum Gasteiger partial charge on any atom is -0.490 e. The average molecular weight is 293 g/mol. The number of ether oxygens (including phenoxy) is 2. The molecule has 0 fully saturated rings. The Balaban J connectivity index is 2.31. The third-order valence-electron chi connectivity index (χ3n) is 2.75. The highest BCUT2D eigenvalue weighted by molar-refractivity contribution is 5.51. The van der Waals surface area contributed by atoms with Crippen molar-refractivity contribution < 1.29 is 23.9 Å². The molecule has 1 N–H and O–H groups in total. The van der Waals surface area contributed by atoms with Crippen molar-refractivity contribution in [2.45, 2.75) is 6.61 Å². The molecule has 7 heteroatoms. The van der Waals surface area contributed by atoms with E-state index in [-0.39, 0.29) is 29.5 Å². The van der Waals surface area contributed by atoms with Gasteiger partial charge < -0.3 is 14.6 Å². The van der Waals surface area contributed by atoms with Crippen molar-refractivity contribution in [3.05, 3.63) is 57.9 Å². The van der Waals surface area contributed by atoms with Crippen molar-refractivity contribution in [3.8, 4) is 17.2 Å². The van der Waals surface area contributed by atoms with Crippen LogP contribution >= 0.6 is 0 Å². The zero-order chi connectivity index (χ0) is 15.4. The predicted octanol–water partition coefficient (Wildman–Crippen LogP) is 3.03. The second-order valence-electron chi connectivity index (χ2n) is 4.12. The first-order chi connectivity index (χ1) is 10.0. The van der Waals surface area contributed by atoms with E-state index in [1.807, 2.05) is 0 Å². The van der Waals surface area contributed by atoms with Crippen LogP contribution in [0.3, 0.4) is 0 Å². The van der Waals surface area contributed by atoms with E-state index >= 15 is 0 Å². The first kappa shape index (κ1) is 14.7. The van der Waals surface area contributed by atoms with Crippen LogP contribution in [0.1, 0.15) is 5.56 Å². The fraction of sp³-hybridized carbons (Fsp3) is 0.143. The number of nitro benzene ring substituents is 1. The quantitative estimate of drug-likeness (QED) is 0.677. The number of aliphatic hydroxyl groups is 1. The number of methoxy groups -OCH3 is 1. The van der Waals surface area contributed by atoms with Gasteiger partial charge in [-0.05, 0) is 29.8 Å². The van der Waals surface area contributed by atoms with Gasteiger partial charge in [0.15, 0.2) is 17.3 Å². The number of benzene rings is 2. The fourth-order valence-corrected chi connectivity index (χ4v) is 1.73.